The van der Waals surface area contributed by atoms with Crippen LogP contribution in [0.3, 0.4) is 0 Å². The molecule has 0 saturated heterocycles. The Morgan fingerprint density at radius 3 is 2.81 bits per heavy atom. The van der Waals surface area contributed by atoms with Gasteiger partial charge in [0, 0.05) is 34.3 Å². The van der Waals surface area contributed by atoms with Gasteiger partial charge < -0.3 is 5.73 Å². The van der Waals surface area contributed by atoms with Gasteiger partial charge in [-0.2, -0.15) is 10.4 Å². The van der Waals surface area contributed by atoms with Gasteiger partial charge in [-0.05, 0) is 17.7 Å². The smallest absolute Gasteiger partial charge is 0.327 e. The highest BCUT2D eigenvalue weighted by Gasteiger charge is 2.10. The minimum Gasteiger partial charge on any atom is -0.327 e. The van der Waals surface area contributed by atoms with Gasteiger partial charge in [-0.25, -0.2) is 23.8 Å². The number of nitrogens with zero attached hydrogens (tertiary/aromatic N) is 6. The minimum absolute atomic E-state index is 0.0246. The summed E-state index contributed by atoms with van der Waals surface area (Å²) in [6.45, 7) is 0.395. The summed E-state index contributed by atoms with van der Waals surface area (Å²) in [7, 11) is 0. The summed E-state index contributed by atoms with van der Waals surface area (Å²) < 4.78 is 15.2. The number of rotatable bonds is 6. The highest BCUT2D eigenvalue weighted by Crippen LogP contribution is 2.27. The molecule has 0 aromatic carbocycles. The highest BCUT2D eigenvalue weighted by molar-refractivity contribution is 7.15. The lowest BCUT2D eigenvalue weighted by Gasteiger charge is -2.01. The first-order valence-corrected chi connectivity index (χ1v) is 8.38. The minimum atomic E-state index is -0.338. The van der Waals surface area contributed by atoms with Crippen molar-refractivity contribution in [3.05, 3.63) is 63.9 Å². The lowest BCUT2D eigenvalue weighted by atomic mass is 10.3. The van der Waals surface area contributed by atoms with Gasteiger partial charge in [0.15, 0.2) is 0 Å². The molecule has 0 radical (unpaired) electrons. The van der Waals surface area contributed by atoms with E-state index >= 15 is 0 Å². The largest absolute Gasteiger partial charge is 0.346 e. The van der Waals surface area contributed by atoms with Gasteiger partial charge in [0.2, 0.25) is 5.82 Å². The van der Waals surface area contributed by atoms with Gasteiger partial charge in [0.05, 0.1) is 19.4 Å². The molecule has 2 N–H and O–H groups in total. The Hall–Kier alpha value is -3.16. The Bertz CT molecular complexity index is 1030. The molecule has 0 bridgehead atoms. The molecule has 0 aliphatic carbocycles. The summed E-state index contributed by atoms with van der Waals surface area (Å²) in [6.07, 6.45) is 4.99. The van der Waals surface area contributed by atoms with E-state index in [9.17, 15) is 9.18 Å². The van der Waals surface area contributed by atoms with E-state index in [2.05, 4.69) is 15.1 Å². The van der Waals surface area contributed by atoms with Crippen LogP contribution in [-0.4, -0.2) is 30.9 Å². The summed E-state index contributed by atoms with van der Waals surface area (Å²) in [4.78, 5) is 22.1. The number of aromatic nitrogens is 5. The second kappa shape index (κ2) is 7.81. The lowest BCUT2D eigenvalue weighted by molar-refractivity contribution is 0.604. The predicted octanol–water partition coefficient (Wildman–Crippen LogP) is 1.30. The summed E-state index contributed by atoms with van der Waals surface area (Å²) in [5.41, 5.74) is 6.15. The summed E-state index contributed by atoms with van der Waals surface area (Å²) in [6, 6.07) is 5.67. The molecule has 0 fully saturated rings. The number of hydrogen-bond acceptors (Lipinski definition) is 7. The summed E-state index contributed by atoms with van der Waals surface area (Å²) in [5, 5.41) is 12.7. The van der Waals surface area contributed by atoms with E-state index in [-0.39, 0.29) is 30.2 Å². The van der Waals surface area contributed by atoms with Gasteiger partial charge >= 0.3 is 5.69 Å². The van der Waals surface area contributed by atoms with Crippen molar-refractivity contribution < 1.29 is 4.39 Å². The Balaban J connectivity index is 1.76. The Kier molecular flexibility index (Phi) is 5.31. The lowest BCUT2D eigenvalue weighted by Crippen LogP contribution is -2.26. The van der Waals surface area contributed by atoms with Crippen molar-refractivity contribution in [1.82, 2.24) is 24.3 Å². The normalized spacial score (nSPS) is 11.5. The SMILES string of the molecule is N#Cc1ncc(-c2ccc(Cn3cnn(C/C(=C/F)CN)c3=O)s2)cn1. The Morgan fingerprint density at radius 1 is 1.38 bits per heavy atom. The van der Waals surface area contributed by atoms with Crippen molar-refractivity contribution in [3.8, 4) is 16.5 Å². The van der Waals surface area contributed by atoms with Gasteiger partial charge in [0.25, 0.3) is 0 Å². The van der Waals surface area contributed by atoms with Gasteiger partial charge in [-0.1, -0.05) is 0 Å². The fraction of sp³-hybridized carbons (Fsp3) is 0.188. The third-order valence-corrected chi connectivity index (χ3v) is 4.71. The van der Waals surface area contributed by atoms with Crippen molar-refractivity contribution in [2.75, 3.05) is 6.54 Å². The second-order valence-corrected chi connectivity index (χ2v) is 6.51. The predicted molar refractivity (Wildman–Crippen MR) is 93.9 cm³/mol. The van der Waals surface area contributed by atoms with E-state index in [0.29, 0.717) is 12.9 Å². The van der Waals surface area contributed by atoms with Crippen LogP contribution >= 0.6 is 11.3 Å². The molecule has 3 heterocycles. The van der Waals surface area contributed by atoms with Crippen LogP contribution in [0.1, 0.15) is 10.7 Å². The van der Waals surface area contributed by atoms with Crippen LogP contribution in [0.2, 0.25) is 0 Å². The molecule has 0 unspecified atom stereocenters. The molecule has 0 amide bonds. The van der Waals surface area contributed by atoms with Crippen LogP contribution in [0.4, 0.5) is 4.39 Å². The van der Waals surface area contributed by atoms with E-state index in [1.807, 2.05) is 18.2 Å². The van der Waals surface area contributed by atoms with Crippen LogP contribution in [0.15, 0.2) is 47.6 Å². The average Bonchev–Trinajstić information content (AvgIpc) is 3.28. The number of nitrogens with two attached hydrogens (primary N) is 1. The number of thiophene rings is 1. The fourth-order valence-corrected chi connectivity index (χ4v) is 3.21. The number of hydrogen-bond donors (Lipinski definition) is 1. The van der Waals surface area contributed by atoms with Gasteiger partial charge in [0.1, 0.15) is 12.4 Å². The van der Waals surface area contributed by atoms with Crippen molar-refractivity contribution in [2.24, 2.45) is 5.73 Å². The molecular weight excluding hydrogens is 357 g/mol. The molecule has 0 aliphatic heterocycles. The molecule has 132 valence electrons. The molecule has 10 heteroatoms. The van der Waals surface area contributed by atoms with Crippen LogP contribution in [0.5, 0.6) is 0 Å². The first-order chi connectivity index (χ1) is 12.6. The monoisotopic (exact) mass is 371 g/mol. The van der Waals surface area contributed by atoms with Crippen molar-refractivity contribution >= 4 is 11.3 Å². The maximum Gasteiger partial charge on any atom is 0.346 e. The van der Waals surface area contributed by atoms with E-state index in [1.54, 1.807) is 12.4 Å². The number of halogens is 1. The van der Waals surface area contributed by atoms with Crippen molar-refractivity contribution in [1.29, 1.82) is 5.26 Å². The standard InChI is InChI=1S/C16H14FN7OS/c17-3-11(4-18)8-24-16(25)23(10-22-24)9-13-1-2-14(26-13)12-6-20-15(5-19)21-7-12/h1-3,6-7,10H,4,8-9,18H2/b11-3+. The molecule has 0 atom stereocenters. The molecule has 3 aromatic heterocycles. The molecule has 0 saturated carbocycles. The fourth-order valence-electron chi connectivity index (χ4n) is 2.22. The van der Waals surface area contributed by atoms with Crippen LogP contribution in [-0.2, 0) is 13.1 Å². The Labute approximate surface area is 151 Å². The number of nitriles is 1. The molecule has 3 rings (SSSR count). The maximum absolute atomic E-state index is 12.6. The molecular formula is C16H14FN7OS. The second-order valence-electron chi connectivity index (χ2n) is 5.34. The molecule has 0 aliphatic rings. The van der Waals surface area contributed by atoms with E-state index in [4.69, 9.17) is 11.0 Å². The topological polar surface area (TPSA) is 115 Å². The van der Waals surface area contributed by atoms with Crippen molar-refractivity contribution in [3.63, 3.8) is 0 Å². The zero-order valence-electron chi connectivity index (χ0n) is 13.5. The molecule has 3 aromatic rings. The van der Waals surface area contributed by atoms with E-state index in [0.717, 1.165) is 15.3 Å². The molecule has 8 nitrogen and oxygen atoms in total. The summed E-state index contributed by atoms with van der Waals surface area (Å²) >= 11 is 1.48. The third-order valence-electron chi connectivity index (χ3n) is 3.59. The molecule has 0 spiro atoms. The van der Waals surface area contributed by atoms with Gasteiger partial charge in [-0.15, -0.1) is 11.3 Å². The maximum atomic E-state index is 12.6. The van der Waals surface area contributed by atoms with Crippen LogP contribution in [0, 0.1) is 11.3 Å². The average molecular weight is 371 g/mol. The first-order valence-electron chi connectivity index (χ1n) is 7.56. The van der Waals surface area contributed by atoms with Gasteiger partial charge in [-0.3, -0.25) is 4.57 Å². The Morgan fingerprint density at radius 2 is 2.15 bits per heavy atom. The van der Waals surface area contributed by atoms with Crippen LogP contribution in [0.25, 0.3) is 10.4 Å². The van der Waals surface area contributed by atoms with Crippen molar-refractivity contribution in [2.45, 2.75) is 13.1 Å². The van der Waals surface area contributed by atoms with E-state index in [1.165, 1.54) is 26.9 Å². The molecule has 26 heavy (non-hydrogen) atoms. The third kappa shape index (κ3) is 3.74. The van der Waals surface area contributed by atoms with E-state index < -0.39 is 0 Å². The quantitative estimate of drug-likeness (QED) is 0.698. The zero-order chi connectivity index (χ0) is 18.5. The zero-order valence-corrected chi connectivity index (χ0v) is 14.4. The summed E-state index contributed by atoms with van der Waals surface area (Å²) in [5.74, 6) is 0.115. The van der Waals surface area contributed by atoms with Crippen LogP contribution < -0.4 is 11.4 Å². The first kappa shape index (κ1) is 17.7. The highest BCUT2D eigenvalue weighted by atomic mass is 32.1.